The number of ether oxygens (including phenoxy) is 1. The second-order valence-electron chi connectivity index (χ2n) is 6.48. The van der Waals surface area contributed by atoms with Gasteiger partial charge in [0.1, 0.15) is 0 Å². The Bertz CT molecular complexity index is 247. The second kappa shape index (κ2) is 4.30. The third-order valence-corrected chi connectivity index (χ3v) is 5.09. The summed E-state index contributed by atoms with van der Waals surface area (Å²) in [4.78, 5) is 0. The van der Waals surface area contributed by atoms with E-state index in [-0.39, 0.29) is 5.60 Å². The predicted molar refractivity (Wildman–Crippen MR) is 65.4 cm³/mol. The van der Waals surface area contributed by atoms with E-state index in [9.17, 15) is 0 Å². The summed E-state index contributed by atoms with van der Waals surface area (Å²) < 4.78 is 6.24. The smallest absolute Gasteiger partial charge is 0.0778 e. The van der Waals surface area contributed by atoms with Crippen LogP contribution in [0.15, 0.2) is 0 Å². The molecule has 1 N–H and O–H groups in total. The molecule has 2 saturated carbocycles. The Kier molecular flexibility index (Phi) is 2.97. The van der Waals surface area contributed by atoms with Gasteiger partial charge in [0.15, 0.2) is 0 Å². The fourth-order valence-electron chi connectivity index (χ4n) is 4.04. The van der Waals surface area contributed by atoms with Crippen molar-refractivity contribution in [1.82, 2.24) is 5.32 Å². The molecule has 16 heavy (non-hydrogen) atoms. The van der Waals surface area contributed by atoms with E-state index < -0.39 is 0 Å². The average molecular weight is 223 g/mol. The summed E-state index contributed by atoms with van der Waals surface area (Å²) in [7, 11) is 0. The monoisotopic (exact) mass is 223 g/mol. The molecule has 0 aromatic heterocycles. The van der Waals surface area contributed by atoms with Crippen LogP contribution < -0.4 is 5.32 Å². The fourth-order valence-corrected chi connectivity index (χ4v) is 4.04. The number of fused-ring (bicyclic) bond motifs is 2. The van der Waals surface area contributed by atoms with Crippen LogP contribution in [-0.4, -0.2) is 25.3 Å². The van der Waals surface area contributed by atoms with Gasteiger partial charge in [-0.2, -0.15) is 0 Å². The molecule has 0 radical (unpaired) electrons. The van der Waals surface area contributed by atoms with Gasteiger partial charge < -0.3 is 10.1 Å². The van der Waals surface area contributed by atoms with Gasteiger partial charge in [-0.25, -0.2) is 0 Å². The van der Waals surface area contributed by atoms with Crippen LogP contribution in [0.1, 0.15) is 45.4 Å². The first kappa shape index (κ1) is 11.0. The summed E-state index contributed by atoms with van der Waals surface area (Å²) in [5.74, 6) is 2.94. The highest BCUT2D eigenvalue weighted by Gasteiger charge is 2.40. The summed E-state index contributed by atoms with van der Waals surface area (Å²) in [6.07, 6.45) is 8.44. The Hall–Kier alpha value is -0.0800. The minimum absolute atomic E-state index is 0.125. The van der Waals surface area contributed by atoms with Crippen LogP contribution in [0.2, 0.25) is 0 Å². The quantitative estimate of drug-likeness (QED) is 0.794. The zero-order valence-electron chi connectivity index (χ0n) is 10.5. The van der Waals surface area contributed by atoms with Gasteiger partial charge >= 0.3 is 0 Å². The summed E-state index contributed by atoms with van der Waals surface area (Å²) in [5.41, 5.74) is 0.125. The van der Waals surface area contributed by atoms with Crippen molar-refractivity contribution in [2.45, 2.75) is 51.0 Å². The third-order valence-electron chi connectivity index (χ3n) is 5.09. The SMILES string of the molecule is CC1(OCC2CC3CCC2C3)CCCNC1. The molecule has 2 bridgehead atoms. The number of nitrogens with one attached hydrogen (secondary N) is 1. The maximum Gasteiger partial charge on any atom is 0.0778 e. The van der Waals surface area contributed by atoms with E-state index in [4.69, 9.17) is 4.74 Å². The molecule has 2 heteroatoms. The van der Waals surface area contributed by atoms with Gasteiger partial charge in [-0.05, 0) is 63.3 Å². The highest BCUT2D eigenvalue weighted by Crippen LogP contribution is 2.48. The van der Waals surface area contributed by atoms with Crippen molar-refractivity contribution in [2.75, 3.05) is 19.7 Å². The molecule has 0 amide bonds. The number of rotatable bonds is 3. The van der Waals surface area contributed by atoms with Gasteiger partial charge in [0, 0.05) is 6.54 Å². The first-order valence-corrected chi connectivity index (χ1v) is 7.10. The number of hydrogen-bond acceptors (Lipinski definition) is 2. The van der Waals surface area contributed by atoms with Crippen LogP contribution in [0.4, 0.5) is 0 Å². The molecule has 3 fully saturated rings. The maximum atomic E-state index is 6.24. The zero-order chi connectivity index (χ0) is 11.0. The molecule has 1 heterocycles. The van der Waals surface area contributed by atoms with Gasteiger partial charge in [-0.15, -0.1) is 0 Å². The zero-order valence-corrected chi connectivity index (χ0v) is 10.5. The van der Waals surface area contributed by atoms with Crippen molar-refractivity contribution in [3.8, 4) is 0 Å². The molecule has 1 saturated heterocycles. The van der Waals surface area contributed by atoms with E-state index in [1.54, 1.807) is 0 Å². The molecule has 4 atom stereocenters. The minimum atomic E-state index is 0.125. The fraction of sp³-hybridized carbons (Fsp3) is 1.00. The molecule has 3 rings (SSSR count). The van der Waals surface area contributed by atoms with Gasteiger partial charge in [0.05, 0.1) is 12.2 Å². The molecule has 0 aromatic rings. The predicted octanol–water partition coefficient (Wildman–Crippen LogP) is 2.58. The van der Waals surface area contributed by atoms with Crippen molar-refractivity contribution in [2.24, 2.45) is 17.8 Å². The minimum Gasteiger partial charge on any atom is -0.374 e. The summed E-state index contributed by atoms with van der Waals surface area (Å²) in [6, 6.07) is 0. The highest BCUT2D eigenvalue weighted by molar-refractivity contribution is 4.91. The van der Waals surface area contributed by atoms with Gasteiger partial charge in [0.25, 0.3) is 0 Å². The third kappa shape index (κ3) is 2.14. The summed E-state index contributed by atoms with van der Waals surface area (Å²) >= 11 is 0. The van der Waals surface area contributed by atoms with Gasteiger partial charge in [0.2, 0.25) is 0 Å². The molecule has 3 aliphatic rings. The van der Waals surface area contributed by atoms with Gasteiger partial charge in [-0.3, -0.25) is 0 Å². The normalized spacial score (nSPS) is 47.4. The lowest BCUT2D eigenvalue weighted by Gasteiger charge is -2.36. The van der Waals surface area contributed by atoms with E-state index in [1.807, 2.05) is 0 Å². The Morgan fingerprint density at radius 1 is 1.31 bits per heavy atom. The lowest BCUT2D eigenvalue weighted by Crippen LogP contribution is -2.46. The molecular weight excluding hydrogens is 198 g/mol. The molecule has 0 aromatic carbocycles. The number of hydrogen-bond donors (Lipinski definition) is 1. The standard InChI is InChI=1S/C14H25NO/c1-14(5-2-6-15-10-14)16-9-13-8-11-3-4-12(13)7-11/h11-13,15H,2-10H2,1H3. The largest absolute Gasteiger partial charge is 0.374 e. The Morgan fingerprint density at radius 3 is 2.88 bits per heavy atom. The summed E-state index contributed by atoms with van der Waals surface area (Å²) in [5, 5.41) is 3.46. The molecular formula is C14H25NO. The van der Waals surface area contributed by atoms with E-state index >= 15 is 0 Å². The van der Waals surface area contributed by atoms with Gasteiger partial charge in [-0.1, -0.05) is 6.42 Å². The first-order valence-electron chi connectivity index (χ1n) is 7.10. The van der Waals surface area contributed by atoms with Crippen molar-refractivity contribution in [1.29, 1.82) is 0 Å². The lowest BCUT2D eigenvalue weighted by molar-refractivity contribution is -0.0677. The van der Waals surface area contributed by atoms with Crippen LogP contribution >= 0.6 is 0 Å². The van der Waals surface area contributed by atoms with E-state index in [0.717, 1.165) is 30.9 Å². The van der Waals surface area contributed by atoms with Crippen molar-refractivity contribution < 1.29 is 4.74 Å². The summed E-state index contributed by atoms with van der Waals surface area (Å²) in [6.45, 7) is 5.53. The van der Waals surface area contributed by atoms with Crippen molar-refractivity contribution in [3.63, 3.8) is 0 Å². The molecule has 92 valence electrons. The van der Waals surface area contributed by atoms with E-state index in [2.05, 4.69) is 12.2 Å². The first-order chi connectivity index (χ1) is 7.75. The molecule has 4 unspecified atom stereocenters. The van der Waals surface area contributed by atoms with E-state index in [1.165, 1.54) is 45.1 Å². The topological polar surface area (TPSA) is 21.3 Å². The highest BCUT2D eigenvalue weighted by atomic mass is 16.5. The van der Waals surface area contributed by atoms with Crippen LogP contribution in [0.3, 0.4) is 0 Å². The van der Waals surface area contributed by atoms with Crippen LogP contribution in [-0.2, 0) is 4.74 Å². The lowest BCUT2D eigenvalue weighted by atomic mass is 9.89. The Balaban J connectivity index is 1.49. The van der Waals surface area contributed by atoms with Crippen LogP contribution in [0, 0.1) is 17.8 Å². The van der Waals surface area contributed by atoms with Crippen molar-refractivity contribution in [3.05, 3.63) is 0 Å². The van der Waals surface area contributed by atoms with Crippen LogP contribution in [0.25, 0.3) is 0 Å². The maximum absolute atomic E-state index is 6.24. The number of piperidine rings is 1. The van der Waals surface area contributed by atoms with Crippen molar-refractivity contribution >= 4 is 0 Å². The molecule has 2 aliphatic carbocycles. The van der Waals surface area contributed by atoms with E-state index in [0.29, 0.717) is 0 Å². The Morgan fingerprint density at radius 2 is 2.25 bits per heavy atom. The average Bonchev–Trinajstić information content (AvgIpc) is 2.89. The second-order valence-corrected chi connectivity index (χ2v) is 6.48. The molecule has 1 aliphatic heterocycles. The van der Waals surface area contributed by atoms with Crippen LogP contribution in [0.5, 0.6) is 0 Å². The molecule has 0 spiro atoms. The Labute approximate surface area is 99.1 Å². The molecule has 2 nitrogen and oxygen atoms in total.